The minimum Gasteiger partial charge on any atom is -0.479 e. The van der Waals surface area contributed by atoms with Crippen LogP contribution < -0.4 is 0 Å². The van der Waals surface area contributed by atoms with Crippen LogP contribution in [0.4, 0.5) is 4.39 Å². The van der Waals surface area contributed by atoms with Gasteiger partial charge in [0.1, 0.15) is 12.4 Å². The second-order valence-corrected chi connectivity index (χ2v) is 5.62. The van der Waals surface area contributed by atoms with Crippen molar-refractivity contribution in [1.29, 1.82) is 0 Å². The Morgan fingerprint density at radius 2 is 2.14 bits per heavy atom. The monoisotopic (exact) mass is 313 g/mol. The standard InChI is InChI=1S/C14H13ClFNO4/c15-10-5-7(16)1-4-9(10)12-13(14(19)20)21-6-11(18)17(12)8-2-3-8/h1,4-5,8,12-13H,2-3,6H2,(H,19,20). The van der Waals surface area contributed by atoms with Gasteiger partial charge in [-0.2, -0.15) is 0 Å². The van der Waals surface area contributed by atoms with E-state index in [1.54, 1.807) is 0 Å². The number of carboxylic acid groups (broad SMARTS) is 1. The first-order chi connectivity index (χ1) is 9.99. The van der Waals surface area contributed by atoms with Gasteiger partial charge in [0.2, 0.25) is 5.91 Å². The van der Waals surface area contributed by atoms with Crippen LogP contribution in [0.1, 0.15) is 24.4 Å². The Labute approximate surface area is 125 Å². The maximum atomic E-state index is 13.2. The summed E-state index contributed by atoms with van der Waals surface area (Å²) in [6, 6.07) is 2.90. The molecule has 112 valence electrons. The van der Waals surface area contributed by atoms with Gasteiger partial charge in [-0.1, -0.05) is 17.7 Å². The molecular formula is C14H13ClFNO4. The number of hydrogen-bond donors (Lipinski definition) is 1. The van der Waals surface area contributed by atoms with E-state index in [0.717, 1.165) is 18.9 Å². The third-order valence-electron chi connectivity index (χ3n) is 3.73. The quantitative estimate of drug-likeness (QED) is 0.927. The van der Waals surface area contributed by atoms with Crippen LogP contribution in [0.25, 0.3) is 0 Å². The average molecular weight is 314 g/mol. The van der Waals surface area contributed by atoms with Crippen molar-refractivity contribution in [2.75, 3.05) is 6.61 Å². The molecule has 7 heteroatoms. The summed E-state index contributed by atoms with van der Waals surface area (Å²) in [7, 11) is 0. The van der Waals surface area contributed by atoms with Gasteiger partial charge in [-0.15, -0.1) is 0 Å². The summed E-state index contributed by atoms with van der Waals surface area (Å²) in [6.07, 6.45) is 0.451. The van der Waals surface area contributed by atoms with E-state index in [1.165, 1.54) is 17.0 Å². The molecule has 2 fully saturated rings. The molecule has 5 nitrogen and oxygen atoms in total. The number of carbonyl (C=O) groups excluding carboxylic acids is 1. The fraction of sp³-hybridized carbons (Fsp3) is 0.429. The highest BCUT2D eigenvalue weighted by atomic mass is 35.5. The van der Waals surface area contributed by atoms with Crippen molar-refractivity contribution in [3.8, 4) is 0 Å². The van der Waals surface area contributed by atoms with Gasteiger partial charge in [0.05, 0.1) is 6.04 Å². The highest BCUT2D eigenvalue weighted by Crippen LogP contribution is 2.41. The van der Waals surface area contributed by atoms with Crippen LogP contribution in [0.3, 0.4) is 0 Å². The van der Waals surface area contributed by atoms with Crippen molar-refractivity contribution in [3.63, 3.8) is 0 Å². The van der Waals surface area contributed by atoms with Crippen LogP contribution in [0.5, 0.6) is 0 Å². The predicted molar refractivity (Wildman–Crippen MR) is 71.4 cm³/mol. The first-order valence-corrected chi connectivity index (χ1v) is 6.97. The number of benzene rings is 1. The Hall–Kier alpha value is -1.66. The van der Waals surface area contributed by atoms with Crippen molar-refractivity contribution in [2.45, 2.75) is 31.0 Å². The number of nitrogens with zero attached hydrogens (tertiary/aromatic N) is 1. The average Bonchev–Trinajstić information content (AvgIpc) is 3.22. The summed E-state index contributed by atoms with van der Waals surface area (Å²) in [5, 5.41) is 9.43. The molecule has 0 bridgehead atoms. The third kappa shape index (κ3) is 2.61. The summed E-state index contributed by atoms with van der Waals surface area (Å²) in [5.74, 6) is -1.95. The summed E-state index contributed by atoms with van der Waals surface area (Å²) < 4.78 is 18.4. The highest BCUT2D eigenvalue weighted by molar-refractivity contribution is 6.31. The lowest BCUT2D eigenvalue weighted by atomic mass is 9.97. The molecule has 21 heavy (non-hydrogen) atoms. The van der Waals surface area contributed by atoms with Crippen molar-refractivity contribution < 1.29 is 23.8 Å². The molecule has 2 atom stereocenters. The van der Waals surface area contributed by atoms with E-state index in [4.69, 9.17) is 16.3 Å². The first kappa shape index (κ1) is 14.3. The zero-order valence-corrected chi connectivity index (χ0v) is 11.7. The van der Waals surface area contributed by atoms with E-state index in [9.17, 15) is 19.1 Å². The van der Waals surface area contributed by atoms with Crippen LogP contribution >= 0.6 is 11.6 Å². The second-order valence-electron chi connectivity index (χ2n) is 5.21. The van der Waals surface area contributed by atoms with Gasteiger partial charge < -0.3 is 14.7 Å². The Kier molecular flexibility index (Phi) is 3.59. The van der Waals surface area contributed by atoms with E-state index >= 15 is 0 Å². The molecule has 1 aliphatic heterocycles. The summed E-state index contributed by atoms with van der Waals surface area (Å²) in [4.78, 5) is 25.1. The van der Waals surface area contributed by atoms with Crippen molar-refractivity contribution in [1.82, 2.24) is 4.90 Å². The lowest BCUT2D eigenvalue weighted by Gasteiger charge is -2.40. The van der Waals surface area contributed by atoms with Crippen molar-refractivity contribution in [3.05, 3.63) is 34.6 Å². The number of carboxylic acids is 1. The Bertz CT molecular complexity index is 605. The lowest BCUT2D eigenvalue weighted by molar-refractivity contribution is -0.174. The van der Waals surface area contributed by atoms with Gasteiger partial charge in [0, 0.05) is 11.1 Å². The highest BCUT2D eigenvalue weighted by Gasteiger charge is 2.48. The zero-order chi connectivity index (χ0) is 15.1. The number of hydrogen-bond acceptors (Lipinski definition) is 3. The van der Waals surface area contributed by atoms with E-state index in [1.807, 2.05) is 0 Å². The number of aliphatic carboxylic acids is 1. The van der Waals surface area contributed by atoms with Gasteiger partial charge >= 0.3 is 5.97 Å². The molecule has 2 unspecified atom stereocenters. The van der Waals surface area contributed by atoms with Crippen LogP contribution in [0.15, 0.2) is 18.2 Å². The molecule has 1 N–H and O–H groups in total. The molecule has 0 radical (unpaired) electrons. The maximum Gasteiger partial charge on any atom is 0.335 e. The minimum atomic E-state index is -1.20. The molecule has 1 saturated heterocycles. The fourth-order valence-electron chi connectivity index (χ4n) is 2.67. The topological polar surface area (TPSA) is 66.8 Å². The molecule has 0 aromatic heterocycles. The maximum absolute atomic E-state index is 13.2. The van der Waals surface area contributed by atoms with Gasteiger partial charge in [-0.05, 0) is 30.5 Å². The van der Waals surface area contributed by atoms with E-state index in [2.05, 4.69) is 0 Å². The number of halogens is 2. The van der Waals surface area contributed by atoms with E-state index < -0.39 is 23.9 Å². The summed E-state index contributed by atoms with van der Waals surface area (Å²) in [5.41, 5.74) is 0.394. The lowest BCUT2D eigenvalue weighted by Crippen LogP contribution is -2.52. The molecule has 1 aromatic rings. The molecule has 1 aliphatic carbocycles. The number of carbonyl (C=O) groups is 2. The molecule has 1 saturated carbocycles. The van der Waals surface area contributed by atoms with Crippen LogP contribution in [0.2, 0.25) is 5.02 Å². The summed E-state index contributed by atoms with van der Waals surface area (Å²) >= 11 is 6.04. The molecule has 1 amide bonds. The largest absolute Gasteiger partial charge is 0.479 e. The number of amides is 1. The number of rotatable bonds is 3. The normalized spacial score (nSPS) is 26.0. The third-order valence-corrected chi connectivity index (χ3v) is 4.05. The van der Waals surface area contributed by atoms with E-state index in [0.29, 0.717) is 5.56 Å². The molecule has 3 rings (SSSR count). The van der Waals surface area contributed by atoms with Crippen LogP contribution in [0, 0.1) is 5.82 Å². The smallest absolute Gasteiger partial charge is 0.335 e. The molecular weight excluding hydrogens is 301 g/mol. The van der Waals surface area contributed by atoms with Gasteiger partial charge in [-0.3, -0.25) is 4.79 Å². The van der Waals surface area contributed by atoms with Crippen LogP contribution in [-0.2, 0) is 14.3 Å². The Balaban J connectivity index is 2.06. The van der Waals surface area contributed by atoms with Gasteiger partial charge in [0.25, 0.3) is 0 Å². The van der Waals surface area contributed by atoms with Gasteiger partial charge in [-0.25, -0.2) is 9.18 Å². The van der Waals surface area contributed by atoms with Gasteiger partial charge in [0.15, 0.2) is 6.10 Å². The Morgan fingerprint density at radius 1 is 1.43 bits per heavy atom. The molecule has 0 spiro atoms. The number of ether oxygens (including phenoxy) is 1. The SMILES string of the molecule is O=C(O)C1OCC(=O)N(C2CC2)C1c1ccc(F)cc1Cl. The minimum absolute atomic E-state index is 0.00868. The number of morpholine rings is 1. The first-order valence-electron chi connectivity index (χ1n) is 6.59. The molecule has 1 heterocycles. The van der Waals surface area contributed by atoms with Crippen molar-refractivity contribution >= 4 is 23.5 Å². The van der Waals surface area contributed by atoms with E-state index in [-0.39, 0.29) is 23.6 Å². The zero-order valence-electron chi connectivity index (χ0n) is 11.0. The second kappa shape index (κ2) is 5.27. The fourth-order valence-corrected chi connectivity index (χ4v) is 2.95. The van der Waals surface area contributed by atoms with Crippen molar-refractivity contribution in [2.24, 2.45) is 0 Å². The molecule has 2 aliphatic rings. The predicted octanol–water partition coefficient (Wildman–Crippen LogP) is 1.99. The van der Waals surface area contributed by atoms with Crippen LogP contribution in [-0.4, -0.2) is 40.6 Å². The Morgan fingerprint density at radius 3 is 2.71 bits per heavy atom. The summed E-state index contributed by atoms with van der Waals surface area (Å²) in [6.45, 7) is -0.261. The molecule has 1 aromatic carbocycles.